The summed E-state index contributed by atoms with van der Waals surface area (Å²) in [5.74, 6) is 0.781. The number of carbonyl (C=O) groups is 1. The number of aliphatic hydroxyl groups is 2. The van der Waals surface area contributed by atoms with Crippen LogP contribution < -0.4 is 10.1 Å². The molecule has 1 amide bonds. The van der Waals surface area contributed by atoms with Gasteiger partial charge in [0.05, 0.1) is 17.8 Å². The minimum absolute atomic E-state index is 0.377. The lowest BCUT2D eigenvalue weighted by atomic mass is 10.1. The number of amides is 1. The van der Waals surface area contributed by atoms with Crippen LogP contribution >= 0.6 is 23.2 Å². The molecule has 0 saturated carbocycles. The smallest absolute Gasteiger partial charge is 0.407 e. The van der Waals surface area contributed by atoms with E-state index in [4.69, 9.17) is 32.7 Å². The second kappa shape index (κ2) is 15.8. The lowest BCUT2D eigenvalue weighted by Gasteiger charge is -2.35. The Morgan fingerprint density at radius 3 is 2.22 bits per heavy atom. The molecule has 1 fully saturated rings. The average molecular weight is 664 g/mol. The zero-order valence-corrected chi connectivity index (χ0v) is 28.7. The van der Waals surface area contributed by atoms with Crippen LogP contribution in [0.4, 0.5) is 4.79 Å². The average Bonchev–Trinajstić information content (AvgIpc) is 3.27. The first-order chi connectivity index (χ1) is 21.3. The van der Waals surface area contributed by atoms with Gasteiger partial charge in [0.25, 0.3) is 0 Å². The van der Waals surface area contributed by atoms with E-state index in [0.29, 0.717) is 43.3 Å². The highest BCUT2D eigenvalue weighted by molar-refractivity contribution is 6.32. The Balaban J connectivity index is 1.32. The summed E-state index contributed by atoms with van der Waals surface area (Å²) in [4.78, 5) is 16.7. The molecule has 3 N–H and O–H groups in total. The minimum Gasteiger partial charge on any atom is -0.494 e. The Kier molecular flexibility index (Phi) is 12.4. The summed E-state index contributed by atoms with van der Waals surface area (Å²) in [7, 11) is 0. The number of aliphatic hydroxyl groups excluding tert-OH is 1. The summed E-state index contributed by atoms with van der Waals surface area (Å²) in [5.41, 5.74) is 3.79. The number of benzene rings is 2. The number of fused-ring (bicyclic) bond motifs is 1. The second-order valence-corrected chi connectivity index (χ2v) is 13.7. The fourth-order valence-electron chi connectivity index (χ4n) is 5.93. The molecule has 1 saturated heterocycles. The Morgan fingerprint density at radius 1 is 0.956 bits per heavy atom. The van der Waals surface area contributed by atoms with Crippen molar-refractivity contribution in [3.8, 4) is 5.75 Å². The van der Waals surface area contributed by atoms with E-state index in [-0.39, 0.29) is 6.09 Å². The van der Waals surface area contributed by atoms with Crippen LogP contribution in [0.5, 0.6) is 5.75 Å². The number of nitrogens with one attached hydrogen (secondary N) is 1. The van der Waals surface area contributed by atoms with Crippen molar-refractivity contribution in [1.29, 1.82) is 0 Å². The van der Waals surface area contributed by atoms with Gasteiger partial charge in [0.2, 0.25) is 0 Å². The van der Waals surface area contributed by atoms with Gasteiger partial charge in [-0.1, -0.05) is 29.3 Å². The molecule has 4 rings (SSSR count). The summed E-state index contributed by atoms with van der Waals surface area (Å²) in [6, 6.07) is 9.61. The Hall–Kier alpha value is -2.53. The second-order valence-electron chi connectivity index (χ2n) is 12.8. The molecule has 248 valence electrons. The summed E-state index contributed by atoms with van der Waals surface area (Å²) in [6.45, 7) is 16.6. The minimum atomic E-state index is -1.61. The third-order valence-electron chi connectivity index (χ3n) is 8.09. The molecular formula is C34H48Cl2N4O5. The van der Waals surface area contributed by atoms with Crippen molar-refractivity contribution in [2.45, 2.75) is 72.3 Å². The molecule has 1 aliphatic rings. The van der Waals surface area contributed by atoms with Crippen LogP contribution in [0.3, 0.4) is 0 Å². The van der Waals surface area contributed by atoms with Gasteiger partial charge in [0, 0.05) is 61.2 Å². The number of aromatic nitrogens is 1. The maximum Gasteiger partial charge on any atom is 0.407 e. The molecule has 3 aromatic rings. The van der Waals surface area contributed by atoms with Gasteiger partial charge in [-0.25, -0.2) is 4.79 Å². The van der Waals surface area contributed by atoms with Gasteiger partial charge in [-0.2, -0.15) is 0 Å². The van der Waals surface area contributed by atoms with Crippen molar-refractivity contribution in [3.63, 3.8) is 0 Å². The molecule has 0 radical (unpaired) electrons. The molecule has 0 unspecified atom stereocenters. The molecule has 0 aliphatic carbocycles. The zero-order chi connectivity index (χ0) is 32.7. The number of nitrogens with zero attached hydrogens (tertiary/aromatic N) is 3. The van der Waals surface area contributed by atoms with Gasteiger partial charge in [0.1, 0.15) is 11.4 Å². The zero-order valence-electron chi connectivity index (χ0n) is 27.2. The number of ether oxygens (including phenoxy) is 2. The molecule has 2 heterocycles. The first-order valence-electron chi connectivity index (χ1n) is 15.8. The monoisotopic (exact) mass is 662 g/mol. The SMILES string of the molecule is Cc1cc(OCCCc2c(C(O)O)n(CCN3CCN(CCCNC(=O)OC(C)(C)C)CC3)c3cc(Cl)ccc23)cc(C)c1Cl. The van der Waals surface area contributed by atoms with E-state index in [9.17, 15) is 15.0 Å². The lowest BCUT2D eigenvalue weighted by Crippen LogP contribution is -2.47. The van der Waals surface area contributed by atoms with Crippen molar-refractivity contribution in [2.24, 2.45) is 0 Å². The molecule has 2 aromatic carbocycles. The van der Waals surface area contributed by atoms with Gasteiger partial charge in [-0.3, -0.25) is 4.90 Å². The third kappa shape index (κ3) is 9.98. The van der Waals surface area contributed by atoms with Gasteiger partial charge >= 0.3 is 6.09 Å². The Bertz CT molecular complexity index is 1420. The van der Waals surface area contributed by atoms with Crippen molar-refractivity contribution < 1.29 is 24.5 Å². The lowest BCUT2D eigenvalue weighted by molar-refractivity contribution is -0.0489. The van der Waals surface area contributed by atoms with Crippen molar-refractivity contribution in [3.05, 3.63) is 62.8 Å². The number of carbonyl (C=O) groups excluding carboxylic acids is 1. The molecule has 45 heavy (non-hydrogen) atoms. The predicted molar refractivity (Wildman–Crippen MR) is 181 cm³/mol. The van der Waals surface area contributed by atoms with E-state index in [0.717, 1.165) is 84.1 Å². The number of rotatable bonds is 13. The number of aryl methyl sites for hydroxylation is 3. The van der Waals surface area contributed by atoms with E-state index in [1.807, 2.05) is 69.5 Å². The molecule has 9 nitrogen and oxygen atoms in total. The van der Waals surface area contributed by atoms with Crippen LogP contribution in [-0.4, -0.2) is 88.7 Å². The van der Waals surface area contributed by atoms with Crippen LogP contribution in [-0.2, 0) is 17.7 Å². The molecule has 1 aliphatic heterocycles. The largest absolute Gasteiger partial charge is 0.494 e. The molecule has 11 heteroatoms. The van der Waals surface area contributed by atoms with Crippen molar-refractivity contribution in [1.82, 2.24) is 19.7 Å². The molecule has 0 atom stereocenters. The Labute approximate surface area is 277 Å². The van der Waals surface area contributed by atoms with Crippen LogP contribution in [0.1, 0.15) is 62.3 Å². The first kappa shape index (κ1) is 35.3. The van der Waals surface area contributed by atoms with Crippen LogP contribution in [0.15, 0.2) is 30.3 Å². The summed E-state index contributed by atoms with van der Waals surface area (Å²) in [5, 5.41) is 26.3. The fourth-order valence-corrected chi connectivity index (χ4v) is 6.20. The quantitative estimate of drug-likeness (QED) is 0.150. The van der Waals surface area contributed by atoms with Gasteiger partial charge < -0.3 is 34.5 Å². The van der Waals surface area contributed by atoms with Crippen LogP contribution in [0.2, 0.25) is 10.0 Å². The van der Waals surface area contributed by atoms with Gasteiger partial charge in [-0.15, -0.1) is 0 Å². The van der Waals surface area contributed by atoms with Crippen molar-refractivity contribution >= 4 is 40.2 Å². The fraction of sp³-hybridized carbons (Fsp3) is 0.559. The number of hydrogen-bond donors (Lipinski definition) is 3. The van der Waals surface area contributed by atoms with Gasteiger partial charge in [-0.05, 0) is 101 Å². The van der Waals surface area contributed by atoms with E-state index < -0.39 is 11.9 Å². The molecule has 0 spiro atoms. The predicted octanol–water partition coefficient (Wildman–Crippen LogP) is 6.09. The number of alkyl carbamates (subject to hydrolysis) is 1. The molecule has 1 aromatic heterocycles. The maximum absolute atomic E-state index is 11.9. The van der Waals surface area contributed by atoms with E-state index in [1.54, 1.807) is 0 Å². The standard InChI is InChI=1S/C34H48Cl2N4O5/c1-23-20-26(21-24(2)30(23)36)44-19-6-8-28-27-10-9-25(35)22-29(27)40(31(28)32(41)42)18-17-39-15-13-38(14-16-39)12-7-11-37-33(43)45-34(3,4)5/h9-10,20-22,32,41-42H,6-8,11-19H2,1-5H3,(H,37,43). The molecule has 0 bridgehead atoms. The highest BCUT2D eigenvalue weighted by Gasteiger charge is 2.23. The van der Waals surface area contributed by atoms with Gasteiger partial charge in [0.15, 0.2) is 6.29 Å². The summed E-state index contributed by atoms with van der Waals surface area (Å²) in [6.07, 6.45) is 0.209. The first-order valence-corrected chi connectivity index (χ1v) is 16.6. The summed E-state index contributed by atoms with van der Waals surface area (Å²) < 4.78 is 13.3. The van der Waals surface area contributed by atoms with E-state index >= 15 is 0 Å². The normalized spacial score (nSPS) is 14.8. The number of halogens is 2. The topological polar surface area (TPSA) is 99.4 Å². The van der Waals surface area contributed by atoms with Crippen LogP contribution in [0.25, 0.3) is 10.9 Å². The summed E-state index contributed by atoms with van der Waals surface area (Å²) >= 11 is 12.7. The number of piperazine rings is 1. The number of hydrogen-bond acceptors (Lipinski definition) is 7. The maximum atomic E-state index is 11.9. The van der Waals surface area contributed by atoms with Crippen LogP contribution in [0, 0.1) is 13.8 Å². The molecular weight excluding hydrogens is 615 g/mol. The Morgan fingerprint density at radius 2 is 1.60 bits per heavy atom. The third-order valence-corrected chi connectivity index (χ3v) is 8.93. The van der Waals surface area contributed by atoms with E-state index in [1.165, 1.54) is 0 Å². The van der Waals surface area contributed by atoms with E-state index in [2.05, 4.69) is 15.1 Å². The highest BCUT2D eigenvalue weighted by Crippen LogP contribution is 2.33. The highest BCUT2D eigenvalue weighted by atomic mass is 35.5. The van der Waals surface area contributed by atoms with Crippen molar-refractivity contribution in [2.75, 3.05) is 52.4 Å².